The van der Waals surface area contributed by atoms with Gasteiger partial charge in [-0.1, -0.05) is 12.1 Å². The van der Waals surface area contributed by atoms with Crippen molar-refractivity contribution in [3.63, 3.8) is 0 Å². The lowest BCUT2D eigenvalue weighted by atomic mass is 10.2. The van der Waals surface area contributed by atoms with E-state index in [9.17, 15) is 14.7 Å². The Kier molecular flexibility index (Phi) is 2.59. The Bertz CT molecular complexity index is 613. The van der Waals surface area contributed by atoms with E-state index in [-0.39, 0.29) is 5.75 Å². The third kappa shape index (κ3) is 2.20. The average Bonchev–Trinajstić information content (AvgIpc) is 2.22. The van der Waals surface area contributed by atoms with E-state index in [0.717, 1.165) is 5.56 Å². The molecule has 0 aliphatic rings. The largest absolute Gasteiger partial charge is 0.508 e. The maximum atomic E-state index is 11.4. The highest BCUT2D eigenvalue weighted by Crippen LogP contribution is 2.11. The highest BCUT2D eigenvalue weighted by atomic mass is 16.3. The molecule has 0 saturated heterocycles. The molecule has 2 aromatic rings. The summed E-state index contributed by atoms with van der Waals surface area (Å²) in [5, 5.41) is 9.26. The van der Waals surface area contributed by atoms with Gasteiger partial charge in [0.15, 0.2) is 0 Å². The van der Waals surface area contributed by atoms with Gasteiger partial charge in [0.1, 0.15) is 5.75 Å². The van der Waals surface area contributed by atoms with Crippen LogP contribution in [-0.2, 0) is 6.54 Å². The van der Waals surface area contributed by atoms with Gasteiger partial charge in [0.05, 0.1) is 6.54 Å². The van der Waals surface area contributed by atoms with Crippen molar-refractivity contribution in [2.24, 2.45) is 0 Å². The standard InChI is InChI=1S/C11H10N2O3/c14-9-3-1-2-8(6-9)7-13-5-4-10(15)12-11(13)16/h1-6,14H,7H2,(H,12,15,16). The third-order valence-corrected chi connectivity index (χ3v) is 2.16. The Morgan fingerprint density at radius 3 is 2.75 bits per heavy atom. The number of rotatable bonds is 2. The van der Waals surface area contributed by atoms with E-state index in [1.807, 2.05) is 0 Å². The third-order valence-electron chi connectivity index (χ3n) is 2.16. The number of phenols is 1. The van der Waals surface area contributed by atoms with E-state index in [2.05, 4.69) is 4.98 Å². The predicted octanol–water partition coefficient (Wildman–Crippen LogP) is 0.290. The van der Waals surface area contributed by atoms with Gasteiger partial charge < -0.3 is 5.11 Å². The molecule has 16 heavy (non-hydrogen) atoms. The fourth-order valence-corrected chi connectivity index (χ4v) is 1.42. The van der Waals surface area contributed by atoms with Crippen molar-refractivity contribution in [1.82, 2.24) is 9.55 Å². The smallest absolute Gasteiger partial charge is 0.328 e. The fourth-order valence-electron chi connectivity index (χ4n) is 1.42. The first-order chi connectivity index (χ1) is 7.65. The molecule has 0 spiro atoms. The van der Waals surface area contributed by atoms with Crippen LogP contribution in [0.15, 0.2) is 46.1 Å². The zero-order valence-electron chi connectivity index (χ0n) is 8.38. The molecule has 0 unspecified atom stereocenters. The van der Waals surface area contributed by atoms with Crippen molar-refractivity contribution >= 4 is 0 Å². The van der Waals surface area contributed by atoms with Crippen LogP contribution in [0, 0.1) is 0 Å². The van der Waals surface area contributed by atoms with Crippen LogP contribution in [0.2, 0.25) is 0 Å². The monoisotopic (exact) mass is 218 g/mol. The second-order valence-corrected chi connectivity index (χ2v) is 3.41. The van der Waals surface area contributed by atoms with Crippen LogP contribution in [0.5, 0.6) is 5.75 Å². The quantitative estimate of drug-likeness (QED) is 0.760. The Balaban J connectivity index is 2.34. The van der Waals surface area contributed by atoms with Crippen LogP contribution in [0.4, 0.5) is 0 Å². The van der Waals surface area contributed by atoms with Crippen LogP contribution in [0.1, 0.15) is 5.56 Å². The number of nitrogens with one attached hydrogen (secondary N) is 1. The summed E-state index contributed by atoms with van der Waals surface area (Å²) in [7, 11) is 0. The van der Waals surface area contributed by atoms with E-state index in [4.69, 9.17) is 0 Å². The normalized spacial score (nSPS) is 10.2. The highest BCUT2D eigenvalue weighted by molar-refractivity contribution is 5.27. The number of aromatic amines is 1. The predicted molar refractivity (Wildman–Crippen MR) is 58.5 cm³/mol. The first-order valence-corrected chi connectivity index (χ1v) is 4.73. The molecule has 2 rings (SSSR count). The Hall–Kier alpha value is -2.30. The number of H-pyrrole nitrogens is 1. The molecule has 1 heterocycles. The van der Waals surface area contributed by atoms with Gasteiger partial charge in [0.2, 0.25) is 0 Å². The lowest BCUT2D eigenvalue weighted by molar-refractivity contribution is 0.474. The summed E-state index contributed by atoms with van der Waals surface area (Å²) in [6.07, 6.45) is 1.42. The van der Waals surface area contributed by atoms with E-state index in [1.165, 1.54) is 16.8 Å². The summed E-state index contributed by atoms with van der Waals surface area (Å²) in [5.41, 5.74) is -0.0952. The number of hydrogen-bond donors (Lipinski definition) is 2. The van der Waals surface area contributed by atoms with Crippen LogP contribution in [0.3, 0.4) is 0 Å². The number of aromatic nitrogens is 2. The minimum Gasteiger partial charge on any atom is -0.508 e. The molecule has 0 radical (unpaired) electrons. The van der Waals surface area contributed by atoms with Gasteiger partial charge in [-0.2, -0.15) is 0 Å². The highest BCUT2D eigenvalue weighted by Gasteiger charge is 1.99. The van der Waals surface area contributed by atoms with Crippen molar-refractivity contribution in [1.29, 1.82) is 0 Å². The molecule has 5 nitrogen and oxygen atoms in total. The van der Waals surface area contributed by atoms with Crippen molar-refractivity contribution in [2.45, 2.75) is 6.54 Å². The van der Waals surface area contributed by atoms with Crippen LogP contribution >= 0.6 is 0 Å². The van der Waals surface area contributed by atoms with Gasteiger partial charge in [-0.3, -0.25) is 14.3 Å². The first kappa shape index (κ1) is 10.2. The summed E-state index contributed by atoms with van der Waals surface area (Å²) in [6.45, 7) is 0.310. The summed E-state index contributed by atoms with van der Waals surface area (Å²) in [6, 6.07) is 7.89. The molecule has 0 amide bonds. The van der Waals surface area contributed by atoms with Crippen molar-refractivity contribution in [3.05, 3.63) is 62.9 Å². The maximum Gasteiger partial charge on any atom is 0.328 e. The molecule has 1 aromatic carbocycles. The summed E-state index contributed by atoms with van der Waals surface area (Å²) in [4.78, 5) is 24.4. The Morgan fingerprint density at radius 1 is 1.25 bits per heavy atom. The topological polar surface area (TPSA) is 75.1 Å². The molecule has 0 aliphatic heterocycles. The van der Waals surface area contributed by atoms with Gasteiger partial charge in [-0.25, -0.2) is 4.79 Å². The molecular formula is C11H10N2O3. The van der Waals surface area contributed by atoms with E-state index < -0.39 is 11.2 Å². The SMILES string of the molecule is O=c1ccn(Cc2cccc(O)c2)c(=O)[nH]1. The molecule has 5 heteroatoms. The molecule has 0 bridgehead atoms. The van der Waals surface area contributed by atoms with Crippen molar-refractivity contribution in [2.75, 3.05) is 0 Å². The lowest BCUT2D eigenvalue weighted by Crippen LogP contribution is -2.28. The molecular weight excluding hydrogens is 208 g/mol. The number of nitrogens with zero attached hydrogens (tertiary/aromatic N) is 1. The first-order valence-electron chi connectivity index (χ1n) is 4.73. The van der Waals surface area contributed by atoms with Gasteiger partial charge in [-0.05, 0) is 17.7 Å². The van der Waals surface area contributed by atoms with Gasteiger partial charge >= 0.3 is 5.69 Å². The zero-order chi connectivity index (χ0) is 11.5. The van der Waals surface area contributed by atoms with Crippen molar-refractivity contribution < 1.29 is 5.11 Å². The Morgan fingerprint density at radius 2 is 2.06 bits per heavy atom. The molecule has 0 atom stereocenters. The molecule has 2 N–H and O–H groups in total. The van der Waals surface area contributed by atoms with Crippen molar-refractivity contribution in [3.8, 4) is 5.75 Å². The minimum absolute atomic E-state index is 0.148. The molecule has 0 fully saturated rings. The van der Waals surface area contributed by atoms with Gasteiger partial charge in [0, 0.05) is 12.3 Å². The Labute approximate surface area is 90.6 Å². The average molecular weight is 218 g/mol. The molecule has 1 aromatic heterocycles. The lowest BCUT2D eigenvalue weighted by Gasteiger charge is -2.04. The fraction of sp³-hybridized carbons (Fsp3) is 0.0909. The molecule has 0 saturated carbocycles. The molecule has 82 valence electrons. The number of aromatic hydroxyl groups is 1. The molecule has 0 aliphatic carbocycles. The van der Waals surface area contributed by atoms with Gasteiger partial charge in [-0.15, -0.1) is 0 Å². The number of benzene rings is 1. The minimum atomic E-state index is -0.462. The number of phenolic OH excluding ortho intramolecular Hbond substituents is 1. The summed E-state index contributed by atoms with van der Waals surface area (Å²) in [5.74, 6) is 0.148. The van der Waals surface area contributed by atoms with Crippen LogP contribution in [0.25, 0.3) is 0 Å². The van der Waals surface area contributed by atoms with Gasteiger partial charge in [0.25, 0.3) is 5.56 Å². The maximum absolute atomic E-state index is 11.4. The second-order valence-electron chi connectivity index (χ2n) is 3.41. The summed E-state index contributed by atoms with van der Waals surface area (Å²) >= 11 is 0. The van der Waals surface area contributed by atoms with Crippen LogP contribution < -0.4 is 11.2 Å². The van der Waals surface area contributed by atoms with Crippen LogP contribution in [-0.4, -0.2) is 14.7 Å². The number of hydrogen-bond acceptors (Lipinski definition) is 3. The van der Waals surface area contributed by atoms with E-state index in [0.29, 0.717) is 6.54 Å². The summed E-state index contributed by atoms with van der Waals surface area (Å²) < 4.78 is 1.36. The zero-order valence-corrected chi connectivity index (χ0v) is 8.38. The van der Waals surface area contributed by atoms with E-state index >= 15 is 0 Å². The second kappa shape index (κ2) is 4.06. The van der Waals surface area contributed by atoms with E-state index in [1.54, 1.807) is 24.3 Å².